The Morgan fingerprint density at radius 3 is 2.91 bits per heavy atom. The molecule has 0 amide bonds. The first-order valence-electron chi connectivity index (χ1n) is 6.56. The molecule has 3 rings (SSSR count). The lowest BCUT2D eigenvalue weighted by Gasteiger charge is -2.29. The van der Waals surface area contributed by atoms with Crippen LogP contribution in [0.3, 0.4) is 0 Å². The molecule has 3 heterocycles. The van der Waals surface area contributed by atoms with Crippen molar-refractivity contribution in [2.75, 3.05) is 12.3 Å². The highest BCUT2D eigenvalue weighted by molar-refractivity contribution is 5.81. The number of anilines is 1. The van der Waals surface area contributed by atoms with Crippen molar-refractivity contribution in [1.82, 2.24) is 19.5 Å². The number of hydrogen-bond donors (Lipinski definition) is 4. The zero-order chi connectivity index (χ0) is 15.9. The third-order valence-corrected chi connectivity index (χ3v) is 3.80. The van der Waals surface area contributed by atoms with Crippen LogP contribution < -0.4 is 5.73 Å². The van der Waals surface area contributed by atoms with Crippen LogP contribution >= 0.6 is 0 Å². The van der Waals surface area contributed by atoms with Crippen LogP contribution in [0.15, 0.2) is 12.7 Å². The molecular formula is C13H15N5O4. The van der Waals surface area contributed by atoms with Crippen LogP contribution in [0.4, 0.5) is 5.82 Å². The van der Waals surface area contributed by atoms with Crippen molar-refractivity contribution in [3.63, 3.8) is 0 Å². The highest BCUT2D eigenvalue weighted by Crippen LogP contribution is 2.41. The van der Waals surface area contributed by atoms with Crippen molar-refractivity contribution in [2.45, 2.75) is 30.5 Å². The molecule has 9 heteroatoms. The first-order chi connectivity index (χ1) is 10.5. The number of aliphatic hydroxyl groups is 3. The molecule has 5 N–H and O–H groups in total. The summed E-state index contributed by atoms with van der Waals surface area (Å²) in [6.45, 7) is -0.464. The van der Waals surface area contributed by atoms with Gasteiger partial charge in [0.25, 0.3) is 0 Å². The van der Waals surface area contributed by atoms with E-state index in [9.17, 15) is 15.3 Å². The fourth-order valence-corrected chi connectivity index (χ4v) is 2.67. The van der Waals surface area contributed by atoms with Crippen molar-refractivity contribution in [2.24, 2.45) is 0 Å². The number of ether oxygens (including phenoxy) is 1. The van der Waals surface area contributed by atoms with Crippen molar-refractivity contribution in [3.8, 4) is 12.3 Å². The minimum absolute atomic E-state index is 0.171. The van der Waals surface area contributed by atoms with Gasteiger partial charge in [0, 0.05) is 6.42 Å². The van der Waals surface area contributed by atoms with Gasteiger partial charge in [-0.05, 0) is 0 Å². The van der Waals surface area contributed by atoms with Gasteiger partial charge in [0.15, 0.2) is 17.7 Å². The molecule has 0 aliphatic carbocycles. The first kappa shape index (κ1) is 14.7. The number of hydrogen-bond acceptors (Lipinski definition) is 8. The Hall–Kier alpha value is -2.25. The van der Waals surface area contributed by atoms with Crippen LogP contribution in [0.5, 0.6) is 0 Å². The molecule has 0 bridgehead atoms. The Kier molecular flexibility index (Phi) is 3.46. The van der Waals surface area contributed by atoms with E-state index in [2.05, 4.69) is 20.9 Å². The Bertz CT molecular complexity index is 742. The molecule has 9 nitrogen and oxygen atoms in total. The fourth-order valence-electron chi connectivity index (χ4n) is 2.67. The van der Waals surface area contributed by atoms with E-state index in [4.69, 9.17) is 16.9 Å². The summed E-state index contributed by atoms with van der Waals surface area (Å²) in [6.07, 6.45) is 4.35. The van der Waals surface area contributed by atoms with Gasteiger partial charge in [-0.3, -0.25) is 4.57 Å². The lowest BCUT2D eigenvalue weighted by molar-refractivity contribution is -0.104. The zero-order valence-electron chi connectivity index (χ0n) is 11.5. The number of aliphatic hydroxyl groups excluding tert-OH is 2. The Labute approximate surface area is 125 Å². The number of nitrogens with two attached hydrogens (primary N) is 1. The number of imidazole rings is 1. The van der Waals surface area contributed by atoms with Crippen LogP contribution in [0.1, 0.15) is 12.6 Å². The molecule has 1 aliphatic heterocycles. The molecule has 0 unspecified atom stereocenters. The first-order valence-corrected chi connectivity index (χ1v) is 6.56. The maximum Gasteiger partial charge on any atom is 0.169 e. The molecule has 0 radical (unpaired) electrons. The molecular weight excluding hydrogens is 290 g/mol. The molecule has 1 fully saturated rings. The van der Waals surface area contributed by atoms with Gasteiger partial charge in [-0.15, -0.1) is 12.3 Å². The SMILES string of the molecule is C#CC[C@@]1(O)[C@H](O)[C@@H](CO)O[C@H]1n1cnc2c(N)ncnc21. The molecule has 0 aromatic carbocycles. The second-order valence-electron chi connectivity index (χ2n) is 5.11. The summed E-state index contributed by atoms with van der Waals surface area (Å²) in [5.74, 6) is 2.50. The number of aromatic nitrogens is 4. The van der Waals surface area contributed by atoms with Crippen molar-refractivity contribution >= 4 is 17.0 Å². The van der Waals surface area contributed by atoms with E-state index in [1.807, 2.05) is 0 Å². The van der Waals surface area contributed by atoms with Gasteiger partial charge in [0.1, 0.15) is 29.7 Å². The summed E-state index contributed by atoms with van der Waals surface area (Å²) in [7, 11) is 0. The average Bonchev–Trinajstić information content (AvgIpc) is 3.02. The van der Waals surface area contributed by atoms with Crippen molar-refractivity contribution in [3.05, 3.63) is 12.7 Å². The predicted octanol–water partition coefficient (Wildman–Crippen LogP) is -1.59. The second kappa shape index (κ2) is 5.19. The third kappa shape index (κ3) is 1.93. The predicted molar refractivity (Wildman–Crippen MR) is 75.1 cm³/mol. The van der Waals surface area contributed by atoms with Gasteiger partial charge < -0.3 is 25.8 Å². The molecule has 0 spiro atoms. The van der Waals surface area contributed by atoms with Crippen molar-refractivity contribution in [1.29, 1.82) is 0 Å². The summed E-state index contributed by atoms with van der Waals surface area (Å²) in [5, 5.41) is 30.3. The summed E-state index contributed by atoms with van der Waals surface area (Å²) >= 11 is 0. The van der Waals surface area contributed by atoms with E-state index in [1.54, 1.807) is 0 Å². The molecule has 2 aromatic rings. The Balaban J connectivity index is 2.12. The van der Waals surface area contributed by atoms with Gasteiger partial charge >= 0.3 is 0 Å². The van der Waals surface area contributed by atoms with Gasteiger partial charge in [0.05, 0.1) is 12.9 Å². The van der Waals surface area contributed by atoms with E-state index < -0.39 is 30.6 Å². The van der Waals surface area contributed by atoms with Crippen LogP contribution in [0.25, 0.3) is 11.2 Å². The topological polar surface area (TPSA) is 140 Å². The molecule has 2 aromatic heterocycles. The van der Waals surface area contributed by atoms with Crippen molar-refractivity contribution < 1.29 is 20.1 Å². The Morgan fingerprint density at radius 2 is 2.23 bits per heavy atom. The van der Waals surface area contributed by atoms with Gasteiger partial charge in [-0.25, -0.2) is 15.0 Å². The van der Waals surface area contributed by atoms with Gasteiger partial charge in [-0.2, -0.15) is 0 Å². The molecule has 22 heavy (non-hydrogen) atoms. The molecule has 4 atom stereocenters. The van der Waals surface area contributed by atoms with E-state index in [-0.39, 0.29) is 12.2 Å². The van der Waals surface area contributed by atoms with E-state index in [0.29, 0.717) is 11.2 Å². The quantitative estimate of drug-likeness (QED) is 0.498. The van der Waals surface area contributed by atoms with E-state index >= 15 is 0 Å². The van der Waals surface area contributed by atoms with Gasteiger partial charge in [-0.1, -0.05) is 0 Å². The summed E-state index contributed by atoms with van der Waals surface area (Å²) < 4.78 is 6.98. The fraction of sp³-hybridized carbons (Fsp3) is 0.462. The standard InChI is InChI=1S/C13H15N5O4/c1-2-3-13(21)9(20)7(4-19)22-12(13)18-6-17-8-10(14)15-5-16-11(8)18/h1,5-7,9,12,19-21H,3-4H2,(H2,14,15,16)/t7-,9-,12-,13-/m1/s1. The smallest absolute Gasteiger partial charge is 0.169 e. The lowest BCUT2D eigenvalue weighted by Crippen LogP contribution is -2.46. The monoisotopic (exact) mass is 305 g/mol. The molecule has 1 saturated heterocycles. The number of terminal acetylenes is 1. The number of fused-ring (bicyclic) bond motifs is 1. The molecule has 116 valence electrons. The van der Waals surface area contributed by atoms with Crippen LogP contribution in [-0.4, -0.2) is 59.3 Å². The van der Waals surface area contributed by atoms with Crippen LogP contribution in [-0.2, 0) is 4.74 Å². The minimum atomic E-state index is -1.78. The maximum absolute atomic E-state index is 10.8. The summed E-state index contributed by atoms with van der Waals surface area (Å²) in [5.41, 5.74) is 4.62. The largest absolute Gasteiger partial charge is 0.394 e. The van der Waals surface area contributed by atoms with Crippen LogP contribution in [0.2, 0.25) is 0 Å². The van der Waals surface area contributed by atoms with Gasteiger partial charge in [0.2, 0.25) is 0 Å². The maximum atomic E-state index is 10.8. The summed E-state index contributed by atoms with van der Waals surface area (Å²) in [4.78, 5) is 12.0. The summed E-state index contributed by atoms with van der Waals surface area (Å²) in [6, 6.07) is 0. The average molecular weight is 305 g/mol. The van der Waals surface area contributed by atoms with E-state index in [1.165, 1.54) is 17.2 Å². The van der Waals surface area contributed by atoms with E-state index in [0.717, 1.165) is 0 Å². The zero-order valence-corrected chi connectivity index (χ0v) is 11.5. The normalized spacial score (nSPS) is 31.5. The molecule has 1 aliphatic rings. The van der Waals surface area contributed by atoms with Crippen LogP contribution in [0, 0.1) is 12.3 Å². The third-order valence-electron chi connectivity index (χ3n) is 3.80. The number of nitrogens with zero attached hydrogens (tertiary/aromatic N) is 4. The number of rotatable bonds is 3. The second-order valence-corrected chi connectivity index (χ2v) is 5.11. The minimum Gasteiger partial charge on any atom is -0.394 e. The lowest BCUT2D eigenvalue weighted by atomic mass is 9.91. The highest BCUT2D eigenvalue weighted by Gasteiger charge is 2.56. The molecule has 0 saturated carbocycles. The highest BCUT2D eigenvalue weighted by atomic mass is 16.6. The number of nitrogen functional groups attached to an aromatic ring is 1. The Morgan fingerprint density at radius 1 is 1.45 bits per heavy atom.